The normalized spacial score (nSPS) is 10.8. The Balaban J connectivity index is 1.86. The summed E-state index contributed by atoms with van der Waals surface area (Å²) in [6, 6.07) is 11.9. The van der Waals surface area contributed by atoms with E-state index < -0.39 is 11.6 Å². The van der Waals surface area contributed by atoms with Gasteiger partial charge in [0.2, 0.25) is 0 Å². The molecule has 0 radical (unpaired) electrons. The number of pyridine rings is 1. The smallest absolute Gasteiger partial charge is 0.190 e. The third kappa shape index (κ3) is 2.96. The Hall–Kier alpha value is -4.08. The van der Waals surface area contributed by atoms with E-state index in [4.69, 9.17) is 5.73 Å². The Kier molecular flexibility index (Phi) is 4.28. The average molecular weight is 379 g/mol. The van der Waals surface area contributed by atoms with Crippen molar-refractivity contribution in [2.75, 3.05) is 5.73 Å². The van der Waals surface area contributed by atoms with Gasteiger partial charge in [-0.3, -0.25) is 0 Å². The summed E-state index contributed by atoms with van der Waals surface area (Å²) in [5.74, 6) is -1.94. The number of aromatic nitrogens is 5. The highest BCUT2D eigenvalue weighted by molar-refractivity contribution is 5.77. The maximum Gasteiger partial charge on any atom is 0.190 e. The molecule has 2 heterocycles. The molecular formula is C18H11F2N7O. The molecule has 2 aromatic carbocycles. The van der Waals surface area contributed by atoms with E-state index in [1.807, 2.05) is 0 Å². The fourth-order valence-electron chi connectivity index (χ4n) is 2.73. The van der Waals surface area contributed by atoms with Gasteiger partial charge in [-0.1, -0.05) is 18.2 Å². The molecule has 2 aromatic heterocycles. The van der Waals surface area contributed by atoms with Crippen LogP contribution in [0.25, 0.3) is 28.2 Å². The van der Waals surface area contributed by atoms with Gasteiger partial charge in [0.15, 0.2) is 17.5 Å². The lowest BCUT2D eigenvalue weighted by Gasteiger charge is -2.10. The van der Waals surface area contributed by atoms with Crippen LogP contribution in [0.5, 0.6) is 0 Å². The van der Waals surface area contributed by atoms with Gasteiger partial charge in [-0.05, 0) is 51.5 Å². The number of anilines is 1. The van der Waals surface area contributed by atoms with E-state index in [0.717, 1.165) is 10.7 Å². The summed E-state index contributed by atoms with van der Waals surface area (Å²) in [6.07, 6.45) is 1.51. The predicted molar refractivity (Wildman–Crippen MR) is 97.6 cm³/mol. The standard InChI is InChI=1S/C18H11F2N7O/c19-14-5-2-6-15(16(14)20)27-18(23-25-26-27)13-8-11(9-22-17(13)21)10-3-1-4-12(7-10)24-28/h1-9H,(H2,21,22). The predicted octanol–water partition coefficient (Wildman–Crippen LogP) is 3.65. The molecule has 138 valence electrons. The van der Waals surface area contributed by atoms with Gasteiger partial charge >= 0.3 is 0 Å². The quantitative estimate of drug-likeness (QED) is 0.542. The molecule has 0 saturated heterocycles. The molecule has 10 heteroatoms. The van der Waals surface area contributed by atoms with Gasteiger partial charge in [0.05, 0.1) is 5.56 Å². The lowest BCUT2D eigenvalue weighted by molar-refractivity contribution is 0.501. The molecule has 0 atom stereocenters. The van der Waals surface area contributed by atoms with E-state index in [1.165, 1.54) is 18.3 Å². The zero-order valence-electron chi connectivity index (χ0n) is 14.1. The first-order valence-corrected chi connectivity index (χ1v) is 8.01. The van der Waals surface area contributed by atoms with Crippen LogP contribution in [0.2, 0.25) is 0 Å². The van der Waals surface area contributed by atoms with Crippen LogP contribution in [0.3, 0.4) is 0 Å². The van der Waals surface area contributed by atoms with Crippen molar-refractivity contribution in [2.45, 2.75) is 0 Å². The molecule has 4 aromatic rings. The summed E-state index contributed by atoms with van der Waals surface area (Å²) in [7, 11) is 0. The number of nitrogen functional groups attached to an aromatic ring is 1. The van der Waals surface area contributed by atoms with Gasteiger partial charge in [0.25, 0.3) is 0 Å². The van der Waals surface area contributed by atoms with Gasteiger partial charge in [0.1, 0.15) is 17.2 Å². The fourth-order valence-corrected chi connectivity index (χ4v) is 2.73. The Bertz CT molecular complexity index is 1190. The van der Waals surface area contributed by atoms with Crippen molar-refractivity contribution in [3.63, 3.8) is 0 Å². The van der Waals surface area contributed by atoms with Crippen LogP contribution in [0, 0.1) is 16.5 Å². The molecule has 0 saturated carbocycles. The number of tetrazole rings is 1. The van der Waals surface area contributed by atoms with Gasteiger partial charge in [-0.25, -0.2) is 13.8 Å². The van der Waals surface area contributed by atoms with Crippen molar-refractivity contribution in [2.24, 2.45) is 5.18 Å². The van der Waals surface area contributed by atoms with E-state index >= 15 is 0 Å². The zero-order valence-corrected chi connectivity index (χ0v) is 14.1. The number of nitrogens with two attached hydrogens (primary N) is 1. The van der Waals surface area contributed by atoms with Crippen LogP contribution in [0.1, 0.15) is 0 Å². The van der Waals surface area contributed by atoms with Crippen molar-refractivity contribution in [1.29, 1.82) is 0 Å². The largest absolute Gasteiger partial charge is 0.383 e. The summed E-state index contributed by atoms with van der Waals surface area (Å²) < 4.78 is 28.9. The maximum absolute atomic E-state index is 14.2. The van der Waals surface area contributed by atoms with E-state index in [-0.39, 0.29) is 23.0 Å². The van der Waals surface area contributed by atoms with E-state index in [1.54, 1.807) is 30.3 Å². The summed E-state index contributed by atoms with van der Waals surface area (Å²) >= 11 is 0. The van der Waals surface area contributed by atoms with E-state index in [0.29, 0.717) is 16.7 Å². The van der Waals surface area contributed by atoms with Crippen molar-refractivity contribution < 1.29 is 8.78 Å². The van der Waals surface area contributed by atoms with E-state index in [9.17, 15) is 13.7 Å². The molecule has 2 N–H and O–H groups in total. The lowest BCUT2D eigenvalue weighted by atomic mass is 10.0. The molecule has 0 aliphatic carbocycles. The Morgan fingerprint density at radius 3 is 2.68 bits per heavy atom. The molecule has 0 fully saturated rings. The zero-order chi connectivity index (χ0) is 19.7. The molecule has 0 spiro atoms. The second kappa shape index (κ2) is 6.91. The number of halogens is 2. The van der Waals surface area contributed by atoms with Gasteiger partial charge in [-0.2, -0.15) is 4.68 Å². The summed E-state index contributed by atoms with van der Waals surface area (Å²) in [5, 5.41) is 14.1. The van der Waals surface area contributed by atoms with Crippen LogP contribution in [0.15, 0.2) is 59.9 Å². The maximum atomic E-state index is 14.2. The SMILES string of the molecule is Nc1ncc(-c2cccc(N=O)c2)cc1-c1nnnn1-c1cccc(F)c1F. The van der Waals surface area contributed by atoms with Gasteiger partial charge in [0, 0.05) is 11.8 Å². The second-order valence-electron chi connectivity index (χ2n) is 5.79. The number of hydrogen-bond donors (Lipinski definition) is 1. The molecule has 4 rings (SSSR count). The molecule has 0 bridgehead atoms. The first-order valence-electron chi connectivity index (χ1n) is 8.01. The highest BCUT2D eigenvalue weighted by atomic mass is 19.2. The molecule has 28 heavy (non-hydrogen) atoms. The van der Waals surface area contributed by atoms with Crippen LogP contribution in [-0.4, -0.2) is 25.2 Å². The van der Waals surface area contributed by atoms with Gasteiger partial charge in [-0.15, -0.1) is 10.0 Å². The minimum Gasteiger partial charge on any atom is -0.383 e. The minimum atomic E-state index is -1.09. The van der Waals surface area contributed by atoms with Crippen molar-refractivity contribution in [3.05, 3.63) is 71.3 Å². The number of nitrogens with zero attached hydrogens (tertiary/aromatic N) is 6. The van der Waals surface area contributed by atoms with Crippen molar-refractivity contribution in [3.8, 4) is 28.2 Å². The second-order valence-corrected chi connectivity index (χ2v) is 5.79. The van der Waals surface area contributed by atoms with Crippen molar-refractivity contribution in [1.82, 2.24) is 25.2 Å². The molecule has 8 nitrogen and oxygen atoms in total. The molecule has 0 aliphatic heterocycles. The van der Waals surface area contributed by atoms with Crippen LogP contribution in [-0.2, 0) is 0 Å². The lowest BCUT2D eigenvalue weighted by Crippen LogP contribution is -2.06. The Labute approximate surface area is 156 Å². The highest BCUT2D eigenvalue weighted by Gasteiger charge is 2.19. The van der Waals surface area contributed by atoms with Crippen LogP contribution in [0.4, 0.5) is 20.3 Å². The molecule has 0 aliphatic rings. The highest BCUT2D eigenvalue weighted by Crippen LogP contribution is 2.31. The summed E-state index contributed by atoms with van der Waals surface area (Å²) in [4.78, 5) is 14.9. The third-order valence-electron chi connectivity index (χ3n) is 4.07. The Morgan fingerprint density at radius 1 is 1.04 bits per heavy atom. The topological polar surface area (TPSA) is 112 Å². The third-order valence-corrected chi connectivity index (χ3v) is 4.07. The first kappa shape index (κ1) is 17.3. The average Bonchev–Trinajstić information content (AvgIpc) is 3.20. The minimum absolute atomic E-state index is 0.0843. The molecular weight excluding hydrogens is 368 g/mol. The number of rotatable bonds is 4. The van der Waals surface area contributed by atoms with Crippen molar-refractivity contribution >= 4 is 11.5 Å². The Morgan fingerprint density at radius 2 is 1.86 bits per heavy atom. The first-order chi connectivity index (χ1) is 13.6. The number of benzene rings is 2. The summed E-state index contributed by atoms with van der Waals surface area (Å²) in [6.45, 7) is 0. The van der Waals surface area contributed by atoms with Crippen LogP contribution >= 0.6 is 0 Å². The van der Waals surface area contributed by atoms with Crippen LogP contribution < -0.4 is 5.73 Å². The number of nitroso groups, excluding NO2 is 1. The monoisotopic (exact) mass is 379 g/mol. The van der Waals surface area contributed by atoms with E-state index in [2.05, 4.69) is 25.7 Å². The summed E-state index contributed by atoms with van der Waals surface area (Å²) in [5.41, 5.74) is 7.65. The molecule has 0 unspecified atom stereocenters. The molecule has 0 amide bonds. The fraction of sp³-hybridized carbons (Fsp3) is 0. The van der Waals surface area contributed by atoms with Gasteiger partial charge < -0.3 is 5.73 Å². The number of hydrogen-bond acceptors (Lipinski definition) is 7.